The monoisotopic (exact) mass is 399 g/mol. The molecule has 0 aliphatic carbocycles. The number of nitrogens with zero attached hydrogens (tertiary/aromatic N) is 6. The van der Waals surface area contributed by atoms with E-state index in [1.54, 1.807) is 7.05 Å². The summed E-state index contributed by atoms with van der Waals surface area (Å²) < 4.78 is 4.60. The van der Waals surface area contributed by atoms with Crippen molar-refractivity contribution in [1.29, 1.82) is 0 Å². The summed E-state index contributed by atoms with van der Waals surface area (Å²) in [6.45, 7) is -0.176. The number of benzene rings is 1. The van der Waals surface area contributed by atoms with Crippen LogP contribution in [0, 0.1) is 0 Å². The van der Waals surface area contributed by atoms with Crippen LogP contribution in [0.25, 0.3) is 27.9 Å². The third-order valence-corrected chi connectivity index (χ3v) is 4.87. The fourth-order valence-electron chi connectivity index (χ4n) is 3.42. The van der Waals surface area contributed by atoms with Gasteiger partial charge in [0.05, 0.1) is 6.20 Å². The molecule has 4 heterocycles. The highest BCUT2D eigenvalue weighted by atomic mass is 16.2. The molecule has 4 aromatic heterocycles. The van der Waals surface area contributed by atoms with Gasteiger partial charge < -0.3 is 5.32 Å². The Balaban J connectivity index is 1.51. The van der Waals surface area contributed by atoms with Crippen molar-refractivity contribution in [2.24, 2.45) is 7.05 Å². The molecule has 0 fully saturated rings. The van der Waals surface area contributed by atoms with E-state index < -0.39 is 0 Å². The van der Waals surface area contributed by atoms with Crippen LogP contribution in [-0.4, -0.2) is 34.6 Å². The Labute approximate surface area is 170 Å². The number of aromatic nitrogens is 6. The summed E-state index contributed by atoms with van der Waals surface area (Å²) in [5.74, 6) is 0.190. The van der Waals surface area contributed by atoms with Crippen LogP contribution < -0.4 is 10.9 Å². The average molecular weight is 399 g/mol. The maximum Gasteiger partial charge on any atom is 0.264 e. The quantitative estimate of drug-likeness (QED) is 0.499. The summed E-state index contributed by atoms with van der Waals surface area (Å²) in [7, 11) is 1.71. The molecule has 1 aromatic carbocycles. The number of nitrogens with one attached hydrogen (secondary N) is 1. The first kappa shape index (κ1) is 17.8. The Hall–Kier alpha value is -4.27. The number of carbonyl (C=O) groups is 1. The van der Waals surface area contributed by atoms with Crippen molar-refractivity contribution in [2.45, 2.75) is 6.54 Å². The molecular formula is C21H17N7O2. The molecule has 5 rings (SSSR count). The Morgan fingerprint density at radius 2 is 1.90 bits per heavy atom. The first-order chi connectivity index (χ1) is 14.6. The summed E-state index contributed by atoms with van der Waals surface area (Å²) in [6, 6.07) is 15.2. The number of pyridine rings is 1. The van der Waals surface area contributed by atoms with E-state index in [2.05, 4.69) is 20.4 Å². The molecule has 9 nitrogen and oxygen atoms in total. The second-order valence-electron chi connectivity index (χ2n) is 6.84. The number of amides is 1. The number of anilines is 1. The molecule has 0 atom stereocenters. The molecule has 9 heteroatoms. The predicted molar refractivity (Wildman–Crippen MR) is 112 cm³/mol. The molecular weight excluding hydrogens is 382 g/mol. The van der Waals surface area contributed by atoms with Gasteiger partial charge in [0.15, 0.2) is 5.65 Å². The number of hydrogen-bond donors (Lipinski definition) is 1. The number of fused-ring (bicyclic) bond motifs is 2. The molecule has 0 saturated heterocycles. The van der Waals surface area contributed by atoms with Crippen LogP contribution in [0.4, 0.5) is 5.82 Å². The molecule has 148 valence electrons. The first-order valence-corrected chi connectivity index (χ1v) is 9.31. The van der Waals surface area contributed by atoms with Crippen molar-refractivity contribution >= 4 is 28.4 Å². The molecule has 0 unspecified atom stereocenters. The number of hydrogen-bond acceptors (Lipinski definition) is 5. The zero-order chi connectivity index (χ0) is 20.7. The van der Waals surface area contributed by atoms with Gasteiger partial charge in [-0.2, -0.15) is 5.10 Å². The second kappa shape index (κ2) is 6.96. The van der Waals surface area contributed by atoms with Gasteiger partial charge in [0.25, 0.3) is 5.56 Å². The lowest BCUT2D eigenvalue weighted by molar-refractivity contribution is -0.116. The topological polar surface area (TPSA) is 99.1 Å². The molecule has 5 aromatic rings. The van der Waals surface area contributed by atoms with E-state index in [0.29, 0.717) is 28.2 Å². The van der Waals surface area contributed by atoms with Crippen LogP contribution in [0.15, 0.2) is 72.0 Å². The molecule has 30 heavy (non-hydrogen) atoms. The van der Waals surface area contributed by atoms with Crippen molar-refractivity contribution in [2.75, 3.05) is 5.32 Å². The van der Waals surface area contributed by atoms with E-state index in [1.165, 1.54) is 21.8 Å². The van der Waals surface area contributed by atoms with Gasteiger partial charge in [0.1, 0.15) is 35.4 Å². The SMILES string of the molecule is Cn1ncc2c(=O)n(CC(=O)Nc3c(-c4ccccc4)nc4ccccn34)cnc21. The Morgan fingerprint density at radius 1 is 1.10 bits per heavy atom. The Bertz CT molecular complexity index is 1450. The smallest absolute Gasteiger partial charge is 0.264 e. The zero-order valence-electron chi connectivity index (χ0n) is 16.1. The highest BCUT2D eigenvalue weighted by Gasteiger charge is 2.17. The van der Waals surface area contributed by atoms with Crippen LogP contribution >= 0.6 is 0 Å². The largest absolute Gasteiger partial charge is 0.308 e. The lowest BCUT2D eigenvalue weighted by Gasteiger charge is -2.09. The van der Waals surface area contributed by atoms with Crippen molar-refractivity contribution in [3.05, 3.63) is 77.6 Å². The molecule has 0 spiro atoms. The molecule has 0 aliphatic heterocycles. The van der Waals surface area contributed by atoms with E-state index in [9.17, 15) is 9.59 Å². The fraction of sp³-hybridized carbons (Fsp3) is 0.0952. The number of carbonyl (C=O) groups excluding carboxylic acids is 1. The molecule has 1 amide bonds. The normalized spacial score (nSPS) is 11.2. The van der Waals surface area contributed by atoms with E-state index in [4.69, 9.17) is 0 Å². The molecule has 0 aliphatic rings. The fourth-order valence-corrected chi connectivity index (χ4v) is 3.42. The summed E-state index contributed by atoms with van der Waals surface area (Å²) in [5, 5.41) is 7.33. The Kier molecular flexibility index (Phi) is 4.13. The maximum absolute atomic E-state index is 12.8. The van der Waals surface area contributed by atoms with Crippen molar-refractivity contribution < 1.29 is 4.79 Å². The average Bonchev–Trinajstić information content (AvgIpc) is 3.32. The van der Waals surface area contributed by atoms with Crippen LogP contribution in [0.5, 0.6) is 0 Å². The second-order valence-corrected chi connectivity index (χ2v) is 6.84. The molecule has 0 saturated carbocycles. The van der Waals surface area contributed by atoms with E-state index in [1.807, 2.05) is 59.1 Å². The van der Waals surface area contributed by atoms with Gasteiger partial charge in [0, 0.05) is 18.8 Å². The lowest BCUT2D eigenvalue weighted by Crippen LogP contribution is -2.28. The summed E-state index contributed by atoms with van der Waals surface area (Å²) in [4.78, 5) is 34.4. The van der Waals surface area contributed by atoms with E-state index >= 15 is 0 Å². The standard InChI is InChI=1S/C21H17N7O2/c1-26-19-15(11-23-26)21(30)27(13-22-19)12-17(29)25-20-18(14-7-3-2-4-8-14)24-16-9-5-6-10-28(16)20/h2-11,13H,12H2,1H3,(H,25,29). The van der Waals surface area contributed by atoms with Crippen LogP contribution in [-0.2, 0) is 18.4 Å². The van der Waals surface area contributed by atoms with Crippen LogP contribution in [0.3, 0.4) is 0 Å². The van der Waals surface area contributed by atoms with Crippen molar-refractivity contribution in [3.63, 3.8) is 0 Å². The van der Waals surface area contributed by atoms with Gasteiger partial charge in [-0.15, -0.1) is 0 Å². The van der Waals surface area contributed by atoms with Crippen molar-refractivity contribution in [3.8, 4) is 11.3 Å². The summed E-state index contributed by atoms with van der Waals surface area (Å²) >= 11 is 0. The minimum atomic E-state index is -0.357. The van der Waals surface area contributed by atoms with Gasteiger partial charge in [-0.05, 0) is 12.1 Å². The minimum absolute atomic E-state index is 0.176. The zero-order valence-corrected chi connectivity index (χ0v) is 16.1. The van der Waals surface area contributed by atoms with E-state index in [0.717, 1.165) is 5.56 Å². The van der Waals surface area contributed by atoms with Gasteiger partial charge >= 0.3 is 0 Å². The van der Waals surface area contributed by atoms with E-state index in [-0.39, 0.29) is 18.0 Å². The molecule has 0 bridgehead atoms. The number of rotatable bonds is 4. The summed E-state index contributed by atoms with van der Waals surface area (Å²) in [5.41, 5.74) is 2.41. The molecule has 0 radical (unpaired) electrons. The van der Waals surface area contributed by atoms with Gasteiger partial charge in [0.2, 0.25) is 5.91 Å². The van der Waals surface area contributed by atoms with Gasteiger partial charge in [-0.25, -0.2) is 9.97 Å². The third kappa shape index (κ3) is 2.93. The minimum Gasteiger partial charge on any atom is -0.308 e. The lowest BCUT2D eigenvalue weighted by atomic mass is 10.1. The molecule has 1 N–H and O–H groups in total. The summed E-state index contributed by atoms with van der Waals surface area (Å²) in [6.07, 6.45) is 4.65. The highest BCUT2D eigenvalue weighted by Crippen LogP contribution is 2.28. The van der Waals surface area contributed by atoms with Gasteiger partial charge in [-0.1, -0.05) is 36.4 Å². The maximum atomic E-state index is 12.8. The Morgan fingerprint density at radius 3 is 2.73 bits per heavy atom. The third-order valence-electron chi connectivity index (χ3n) is 4.87. The van der Waals surface area contributed by atoms with Crippen LogP contribution in [0.2, 0.25) is 0 Å². The highest BCUT2D eigenvalue weighted by molar-refractivity contribution is 5.94. The van der Waals surface area contributed by atoms with Crippen LogP contribution in [0.1, 0.15) is 0 Å². The first-order valence-electron chi connectivity index (χ1n) is 9.31. The predicted octanol–water partition coefficient (Wildman–Crippen LogP) is 2.08. The number of aryl methyl sites for hydroxylation is 1. The van der Waals surface area contributed by atoms with Crippen molar-refractivity contribution in [1.82, 2.24) is 28.7 Å². The van der Waals surface area contributed by atoms with Gasteiger partial charge in [-0.3, -0.25) is 23.2 Å². The number of imidazole rings is 1.